The predicted octanol–water partition coefficient (Wildman–Crippen LogP) is 1.91. The van der Waals surface area contributed by atoms with E-state index in [0.717, 1.165) is 19.4 Å². The van der Waals surface area contributed by atoms with Gasteiger partial charge in [0.05, 0.1) is 5.69 Å². The number of rotatable bonds is 3. The molecule has 1 aromatic rings. The van der Waals surface area contributed by atoms with Gasteiger partial charge in [-0.1, -0.05) is 0 Å². The number of carbonyl (C=O) groups is 1. The summed E-state index contributed by atoms with van der Waals surface area (Å²) < 4.78 is 18.5. The molecule has 1 aliphatic heterocycles. The first-order valence-corrected chi connectivity index (χ1v) is 6.45. The molecule has 1 aromatic carbocycles. The molecule has 4 nitrogen and oxygen atoms in total. The number of methoxy groups -OCH3 is 1. The Labute approximate surface area is 112 Å². The Morgan fingerprint density at radius 1 is 1.47 bits per heavy atom. The summed E-state index contributed by atoms with van der Waals surface area (Å²) in [7, 11) is 1.69. The minimum atomic E-state index is -0.542. The van der Waals surface area contributed by atoms with Gasteiger partial charge in [0.2, 0.25) is 0 Å². The highest BCUT2D eigenvalue weighted by molar-refractivity contribution is 5.94. The van der Waals surface area contributed by atoms with Crippen LogP contribution in [0.25, 0.3) is 0 Å². The molecule has 2 rings (SSSR count). The van der Waals surface area contributed by atoms with E-state index in [1.54, 1.807) is 18.1 Å². The zero-order valence-electron chi connectivity index (χ0n) is 11.1. The summed E-state index contributed by atoms with van der Waals surface area (Å²) in [4.78, 5) is 14.0. The highest BCUT2D eigenvalue weighted by Gasteiger charge is 2.23. The van der Waals surface area contributed by atoms with Crippen LogP contribution in [0.4, 0.5) is 10.1 Å². The minimum Gasteiger partial charge on any atom is -0.396 e. The number of ether oxygens (including phenoxy) is 1. The first-order valence-electron chi connectivity index (χ1n) is 6.45. The highest BCUT2D eigenvalue weighted by Crippen LogP contribution is 2.20. The van der Waals surface area contributed by atoms with Crippen molar-refractivity contribution >= 4 is 11.6 Å². The Hall–Kier alpha value is -1.62. The van der Waals surface area contributed by atoms with E-state index in [0.29, 0.717) is 24.6 Å². The molecule has 2 N–H and O–H groups in total. The van der Waals surface area contributed by atoms with E-state index in [9.17, 15) is 9.18 Å². The van der Waals surface area contributed by atoms with Gasteiger partial charge in [-0.25, -0.2) is 4.39 Å². The average Bonchev–Trinajstić information content (AvgIpc) is 2.42. The van der Waals surface area contributed by atoms with Crippen molar-refractivity contribution in [1.82, 2.24) is 4.90 Å². The van der Waals surface area contributed by atoms with Gasteiger partial charge in [-0.05, 0) is 37.0 Å². The summed E-state index contributed by atoms with van der Waals surface area (Å²) in [6.07, 6.45) is 1.86. The van der Waals surface area contributed by atoms with Gasteiger partial charge in [-0.15, -0.1) is 0 Å². The largest absolute Gasteiger partial charge is 0.396 e. The van der Waals surface area contributed by atoms with Crippen LogP contribution >= 0.6 is 0 Å². The third-order valence-corrected chi connectivity index (χ3v) is 3.55. The summed E-state index contributed by atoms with van der Waals surface area (Å²) in [5.41, 5.74) is 5.83. The smallest absolute Gasteiger partial charge is 0.253 e. The van der Waals surface area contributed by atoms with Crippen molar-refractivity contribution in [2.45, 2.75) is 12.8 Å². The normalized spacial score (nSPS) is 16.6. The van der Waals surface area contributed by atoms with E-state index < -0.39 is 5.82 Å². The SMILES string of the molecule is COCC1CCN(C(=O)c2ccc(N)c(F)c2)CC1. The molecule has 1 aliphatic rings. The number of anilines is 1. The van der Waals surface area contributed by atoms with Gasteiger partial charge >= 0.3 is 0 Å². The molecule has 0 atom stereocenters. The number of nitrogens with two attached hydrogens (primary N) is 1. The lowest BCUT2D eigenvalue weighted by Gasteiger charge is -2.31. The number of hydrogen-bond donors (Lipinski definition) is 1. The third kappa shape index (κ3) is 3.23. The van der Waals surface area contributed by atoms with Crippen molar-refractivity contribution in [1.29, 1.82) is 0 Å². The maximum Gasteiger partial charge on any atom is 0.253 e. The number of nitrogens with zero attached hydrogens (tertiary/aromatic N) is 1. The van der Waals surface area contributed by atoms with Gasteiger partial charge in [0.1, 0.15) is 5.82 Å². The number of carbonyl (C=O) groups excluding carboxylic acids is 1. The number of nitrogen functional groups attached to an aromatic ring is 1. The van der Waals surface area contributed by atoms with Crippen LogP contribution in [-0.2, 0) is 4.74 Å². The van der Waals surface area contributed by atoms with E-state index in [1.165, 1.54) is 12.1 Å². The van der Waals surface area contributed by atoms with Crippen molar-refractivity contribution in [3.63, 3.8) is 0 Å². The van der Waals surface area contributed by atoms with E-state index in [-0.39, 0.29) is 11.6 Å². The Morgan fingerprint density at radius 2 is 2.16 bits per heavy atom. The molecule has 1 fully saturated rings. The standard InChI is InChI=1S/C14H19FN2O2/c1-19-9-10-4-6-17(7-5-10)14(18)11-2-3-13(16)12(15)8-11/h2-3,8,10H,4-7,9,16H2,1H3. The molecule has 1 heterocycles. The van der Waals surface area contributed by atoms with Crippen LogP contribution in [0.3, 0.4) is 0 Å². The summed E-state index contributed by atoms with van der Waals surface area (Å²) in [5, 5.41) is 0. The zero-order valence-corrected chi connectivity index (χ0v) is 11.1. The van der Waals surface area contributed by atoms with E-state index in [1.807, 2.05) is 0 Å². The molecule has 104 valence electrons. The lowest BCUT2D eigenvalue weighted by Crippen LogP contribution is -2.39. The zero-order chi connectivity index (χ0) is 13.8. The molecular formula is C14H19FN2O2. The summed E-state index contributed by atoms with van der Waals surface area (Å²) in [6, 6.07) is 4.21. The molecule has 0 radical (unpaired) electrons. The maximum atomic E-state index is 13.4. The molecule has 0 unspecified atom stereocenters. The van der Waals surface area contributed by atoms with Gasteiger partial charge in [0, 0.05) is 32.4 Å². The molecule has 1 amide bonds. The lowest BCUT2D eigenvalue weighted by molar-refractivity contribution is 0.0613. The second-order valence-corrected chi connectivity index (χ2v) is 4.93. The van der Waals surface area contributed by atoms with Crippen LogP contribution in [0.15, 0.2) is 18.2 Å². The van der Waals surface area contributed by atoms with Crippen LogP contribution in [-0.4, -0.2) is 37.6 Å². The monoisotopic (exact) mass is 266 g/mol. The van der Waals surface area contributed by atoms with E-state index in [2.05, 4.69) is 0 Å². The fourth-order valence-corrected chi connectivity index (χ4v) is 2.38. The molecule has 0 aromatic heterocycles. The van der Waals surface area contributed by atoms with Crippen molar-refractivity contribution in [2.75, 3.05) is 32.5 Å². The van der Waals surface area contributed by atoms with Crippen molar-refractivity contribution < 1.29 is 13.9 Å². The van der Waals surface area contributed by atoms with E-state index >= 15 is 0 Å². The Morgan fingerprint density at radius 3 is 2.74 bits per heavy atom. The van der Waals surface area contributed by atoms with Gasteiger partial charge in [0.15, 0.2) is 0 Å². The van der Waals surface area contributed by atoms with Crippen LogP contribution in [0, 0.1) is 11.7 Å². The molecular weight excluding hydrogens is 247 g/mol. The molecule has 0 spiro atoms. The number of benzene rings is 1. The van der Waals surface area contributed by atoms with Crippen molar-refractivity contribution in [2.24, 2.45) is 5.92 Å². The number of halogens is 1. The average molecular weight is 266 g/mol. The van der Waals surface area contributed by atoms with Gasteiger partial charge in [-0.2, -0.15) is 0 Å². The van der Waals surface area contributed by atoms with E-state index in [4.69, 9.17) is 10.5 Å². The molecule has 19 heavy (non-hydrogen) atoms. The highest BCUT2D eigenvalue weighted by atomic mass is 19.1. The topological polar surface area (TPSA) is 55.6 Å². The fraction of sp³-hybridized carbons (Fsp3) is 0.500. The van der Waals surface area contributed by atoms with Gasteiger partial charge in [-0.3, -0.25) is 4.79 Å². The second kappa shape index (κ2) is 6.02. The first kappa shape index (κ1) is 13.8. The summed E-state index contributed by atoms with van der Waals surface area (Å²) >= 11 is 0. The number of piperidine rings is 1. The van der Waals surface area contributed by atoms with Crippen LogP contribution in [0.2, 0.25) is 0 Å². The lowest BCUT2D eigenvalue weighted by atomic mass is 9.97. The predicted molar refractivity (Wildman–Crippen MR) is 71.3 cm³/mol. The summed E-state index contributed by atoms with van der Waals surface area (Å²) in [5.74, 6) is -0.160. The quantitative estimate of drug-likeness (QED) is 0.850. The third-order valence-electron chi connectivity index (χ3n) is 3.55. The minimum absolute atomic E-state index is 0.0651. The van der Waals surface area contributed by atoms with Crippen LogP contribution < -0.4 is 5.73 Å². The van der Waals surface area contributed by atoms with Crippen molar-refractivity contribution in [3.8, 4) is 0 Å². The maximum absolute atomic E-state index is 13.4. The molecule has 5 heteroatoms. The number of amides is 1. The molecule has 0 aliphatic carbocycles. The van der Waals surface area contributed by atoms with Crippen molar-refractivity contribution in [3.05, 3.63) is 29.6 Å². The Bertz CT molecular complexity index is 457. The van der Waals surface area contributed by atoms with Crippen LogP contribution in [0.1, 0.15) is 23.2 Å². The Balaban J connectivity index is 1.99. The number of likely N-dealkylation sites (tertiary alicyclic amines) is 1. The second-order valence-electron chi connectivity index (χ2n) is 4.93. The molecule has 0 bridgehead atoms. The molecule has 0 saturated carbocycles. The van der Waals surface area contributed by atoms with Gasteiger partial charge in [0.25, 0.3) is 5.91 Å². The number of hydrogen-bond acceptors (Lipinski definition) is 3. The summed E-state index contributed by atoms with van der Waals surface area (Å²) in [6.45, 7) is 2.12. The first-order chi connectivity index (χ1) is 9.11. The fourth-order valence-electron chi connectivity index (χ4n) is 2.38. The van der Waals surface area contributed by atoms with Gasteiger partial charge < -0.3 is 15.4 Å². The van der Waals surface area contributed by atoms with Crippen LogP contribution in [0.5, 0.6) is 0 Å². The molecule has 1 saturated heterocycles. The Kier molecular flexibility index (Phi) is 4.37.